The Balaban J connectivity index is 4.62. The van der Waals surface area contributed by atoms with E-state index in [0.29, 0.717) is 6.04 Å². The summed E-state index contributed by atoms with van der Waals surface area (Å²) in [7, 11) is -1.70. The summed E-state index contributed by atoms with van der Waals surface area (Å²) >= 11 is 0. The van der Waals surface area contributed by atoms with Crippen LogP contribution in [0, 0.1) is 0 Å². The van der Waals surface area contributed by atoms with Gasteiger partial charge >= 0.3 is 0 Å². The maximum atomic E-state index is 6.41. The van der Waals surface area contributed by atoms with Crippen LogP contribution in [-0.4, -0.2) is 27.0 Å². The minimum Gasteiger partial charge on any atom is -0.413 e. The predicted octanol–water partition coefficient (Wildman–Crippen LogP) is 4.12. The maximum Gasteiger partial charge on any atom is 0.192 e. The molecule has 0 fully saturated rings. The fourth-order valence-corrected chi connectivity index (χ4v) is 3.03. The molecular weight excluding hydrogens is 238 g/mol. The van der Waals surface area contributed by atoms with Crippen molar-refractivity contribution in [2.75, 3.05) is 6.54 Å². The molecule has 0 aromatic rings. The smallest absolute Gasteiger partial charge is 0.192 e. The molecule has 0 bridgehead atoms. The van der Waals surface area contributed by atoms with E-state index >= 15 is 0 Å². The van der Waals surface area contributed by atoms with Crippen molar-refractivity contribution in [1.82, 2.24) is 5.32 Å². The van der Waals surface area contributed by atoms with Gasteiger partial charge < -0.3 is 9.74 Å². The lowest BCUT2D eigenvalue weighted by molar-refractivity contribution is 0.155. The van der Waals surface area contributed by atoms with E-state index in [1.165, 1.54) is 0 Å². The Morgan fingerprint density at radius 1 is 1.22 bits per heavy atom. The first-order valence-corrected chi connectivity index (χ1v) is 9.69. The van der Waals surface area contributed by atoms with E-state index in [1.54, 1.807) is 0 Å². The zero-order chi connectivity index (χ0) is 14.4. The molecule has 0 spiro atoms. The van der Waals surface area contributed by atoms with Gasteiger partial charge in [-0.3, -0.25) is 0 Å². The van der Waals surface area contributed by atoms with Gasteiger partial charge in [0.2, 0.25) is 0 Å². The van der Waals surface area contributed by atoms with Crippen LogP contribution < -0.4 is 5.32 Å². The van der Waals surface area contributed by atoms with E-state index in [1.807, 2.05) is 12.2 Å². The Morgan fingerprint density at radius 2 is 1.78 bits per heavy atom. The van der Waals surface area contributed by atoms with Gasteiger partial charge in [-0.15, -0.1) is 13.2 Å². The van der Waals surface area contributed by atoms with Crippen molar-refractivity contribution in [1.29, 1.82) is 0 Å². The summed E-state index contributed by atoms with van der Waals surface area (Å²) < 4.78 is 6.41. The van der Waals surface area contributed by atoms with Gasteiger partial charge in [0.05, 0.1) is 6.10 Å². The van der Waals surface area contributed by atoms with Gasteiger partial charge in [0, 0.05) is 12.6 Å². The number of hydrogen-bond acceptors (Lipinski definition) is 2. The minimum atomic E-state index is -1.70. The van der Waals surface area contributed by atoms with Crippen LogP contribution in [0.15, 0.2) is 25.3 Å². The minimum absolute atomic E-state index is 0.198. The second-order valence-electron chi connectivity index (χ2n) is 6.41. The van der Waals surface area contributed by atoms with Crippen LogP contribution in [0.2, 0.25) is 18.1 Å². The van der Waals surface area contributed by atoms with E-state index in [0.717, 1.165) is 13.0 Å². The first kappa shape index (κ1) is 17.6. The van der Waals surface area contributed by atoms with Crippen LogP contribution in [0.5, 0.6) is 0 Å². The van der Waals surface area contributed by atoms with E-state index < -0.39 is 8.32 Å². The van der Waals surface area contributed by atoms with Gasteiger partial charge in [0.1, 0.15) is 0 Å². The molecule has 3 heteroatoms. The Bertz CT molecular complexity index is 268. The SMILES string of the molecule is C=CCN[C@H](CC=C)[C@H](C)O[Si](C)(C)C(C)(C)C. The summed E-state index contributed by atoms with van der Waals surface area (Å²) in [5.41, 5.74) is 0. The topological polar surface area (TPSA) is 21.3 Å². The molecule has 2 nitrogen and oxygen atoms in total. The average molecular weight is 270 g/mol. The van der Waals surface area contributed by atoms with E-state index in [4.69, 9.17) is 4.43 Å². The predicted molar refractivity (Wildman–Crippen MR) is 84.5 cm³/mol. The van der Waals surface area contributed by atoms with Gasteiger partial charge in [-0.1, -0.05) is 32.9 Å². The lowest BCUT2D eigenvalue weighted by Crippen LogP contribution is -2.49. The van der Waals surface area contributed by atoms with Crippen molar-refractivity contribution in [3.05, 3.63) is 25.3 Å². The Labute approximate surface area is 115 Å². The van der Waals surface area contributed by atoms with Crippen molar-refractivity contribution < 1.29 is 4.43 Å². The lowest BCUT2D eigenvalue weighted by Gasteiger charge is -2.40. The molecule has 106 valence electrons. The highest BCUT2D eigenvalue weighted by molar-refractivity contribution is 6.74. The Hall–Kier alpha value is -0.383. The summed E-state index contributed by atoms with van der Waals surface area (Å²) in [6.45, 7) is 21.9. The number of rotatable bonds is 8. The molecule has 2 atom stereocenters. The Kier molecular flexibility index (Phi) is 7.11. The monoisotopic (exact) mass is 269 g/mol. The van der Waals surface area contributed by atoms with Crippen LogP contribution in [0.25, 0.3) is 0 Å². The molecule has 0 aliphatic carbocycles. The standard InChI is InChI=1S/C15H31NOSi/c1-9-11-14(16-12-10-2)13(3)17-18(7,8)15(4,5)6/h9-10,13-14,16H,1-2,11-12H2,3-8H3/t13-,14+/m0/s1. The van der Waals surface area contributed by atoms with Gasteiger partial charge in [0.15, 0.2) is 8.32 Å². The van der Waals surface area contributed by atoms with Gasteiger partial charge in [-0.05, 0) is 31.5 Å². The molecule has 0 amide bonds. The molecule has 1 N–H and O–H groups in total. The average Bonchev–Trinajstić information content (AvgIpc) is 2.21. The molecule has 0 radical (unpaired) electrons. The Morgan fingerprint density at radius 3 is 2.17 bits per heavy atom. The van der Waals surface area contributed by atoms with Crippen molar-refractivity contribution >= 4 is 8.32 Å². The fraction of sp³-hybridized carbons (Fsp3) is 0.733. The molecule has 18 heavy (non-hydrogen) atoms. The highest BCUT2D eigenvalue weighted by Gasteiger charge is 2.39. The molecular formula is C15H31NOSi. The summed E-state index contributed by atoms with van der Waals surface area (Å²) in [4.78, 5) is 0. The highest BCUT2D eigenvalue weighted by atomic mass is 28.4. The number of hydrogen-bond donors (Lipinski definition) is 1. The highest BCUT2D eigenvalue weighted by Crippen LogP contribution is 2.37. The summed E-state index contributed by atoms with van der Waals surface area (Å²) in [6, 6.07) is 0.314. The normalized spacial score (nSPS) is 16.1. The van der Waals surface area contributed by atoms with Crippen molar-refractivity contribution in [3.63, 3.8) is 0 Å². The van der Waals surface area contributed by atoms with Crippen molar-refractivity contribution in [2.45, 2.75) is 64.4 Å². The third kappa shape index (κ3) is 5.51. The second kappa shape index (κ2) is 7.27. The molecule has 0 unspecified atom stereocenters. The summed E-state index contributed by atoms with van der Waals surface area (Å²) in [5.74, 6) is 0. The quantitative estimate of drug-likeness (QED) is 0.529. The first-order chi connectivity index (χ1) is 8.15. The van der Waals surface area contributed by atoms with Crippen LogP contribution in [0.4, 0.5) is 0 Å². The molecule has 0 aromatic heterocycles. The van der Waals surface area contributed by atoms with Gasteiger partial charge in [0.25, 0.3) is 0 Å². The van der Waals surface area contributed by atoms with Crippen LogP contribution in [-0.2, 0) is 4.43 Å². The van der Waals surface area contributed by atoms with E-state index in [-0.39, 0.29) is 11.1 Å². The van der Waals surface area contributed by atoms with Crippen LogP contribution in [0.3, 0.4) is 0 Å². The molecule has 0 aliphatic rings. The molecule has 0 heterocycles. The molecule has 0 saturated heterocycles. The van der Waals surface area contributed by atoms with Gasteiger partial charge in [-0.2, -0.15) is 0 Å². The van der Waals surface area contributed by atoms with Gasteiger partial charge in [-0.25, -0.2) is 0 Å². The third-order valence-electron chi connectivity index (χ3n) is 3.80. The first-order valence-electron chi connectivity index (χ1n) is 6.78. The van der Waals surface area contributed by atoms with Crippen LogP contribution in [0.1, 0.15) is 34.1 Å². The third-order valence-corrected chi connectivity index (χ3v) is 8.37. The zero-order valence-corrected chi connectivity index (χ0v) is 14.0. The molecule has 0 saturated carbocycles. The van der Waals surface area contributed by atoms with Crippen LogP contribution >= 0.6 is 0 Å². The van der Waals surface area contributed by atoms with E-state index in [9.17, 15) is 0 Å². The second-order valence-corrected chi connectivity index (χ2v) is 11.2. The molecule has 0 aromatic carbocycles. The fourth-order valence-electron chi connectivity index (χ4n) is 1.58. The van der Waals surface area contributed by atoms with E-state index in [2.05, 4.69) is 59.3 Å². The number of nitrogens with one attached hydrogen (secondary N) is 1. The van der Waals surface area contributed by atoms with Crippen molar-refractivity contribution in [2.24, 2.45) is 0 Å². The zero-order valence-electron chi connectivity index (χ0n) is 13.0. The lowest BCUT2D eigenvalue weighted by atomic mass is 10.1. The molecule has 0 aliphatic heterocycles. The summed E-state index contributed by atoms with van der Waals surface area (Å²) in [5, 5.41) is 3.70. The largest absolute Gasteiger partial charge is 0.413 e. The molecule has 0 rings (SSSR count). The maximum absolute atomic E-state index is 6.41. The summed E-state index contributed by atoms with van der Waals surface area (Å²) in [6.07, 6.45) is 4.95. The van der Waals surface area contributed by atoms with Crippen molar-refractivity contribution in [3.8, 4) is 0 Å².